The highest BCUT2D eigenvalue weighted by atomic mass is 16.6. The van der Waals surface area contributed by atoms with Crippen LogP contribution in [0.3, 0.4) is 0 Å². The molecule has 51 heavy (non-hydrogen) atoms. The molecule has 0 rings (SSSR count). The van der Waals surface area contributed by atoms with Gasteiger partial charge in [-0.2, -0.15) is 0 Å². The lowest BCUT2D eigenvalue weighted by molar-refractivity contribution is -0.125. The van der Waals surface area contributed by atoms with Gasteiger partial charge >= 0.3 is 6.09 Å². The smallest absolute Gasteiger partial charge is 0.408 e. The molecule has 0 saturated heterocycles. The number of ether oxygens (including phenoxy) is 3. The maximum Gasteiger partial charge on any atom is 0.408 e. The van der Waals surface area contributed by atoms with E-state index in [1.165, 1.54) is 70.6 Å². The van der Waals surface area contributed by atoms with Gasteiger partial charge in [0.2, 0.25) is 11.8 Å². The van der Waals surface area contributed by atoms with Crippen LogP contribution in [0.25, 0.3) is 0 Å². The summed E-state index contributed by atoms with van der Waals surface area (Å²) in [5, 5.41) is 9.12. The summed E-state index contributed by atoms with van der Waals surface area (Å²) in [7, 11) is 0. The number of amides is 3. The summed E-state index contributed by atoms with van der Waals surface area (Å²) in [5.41, 5.74) is -2.32. The molecule has 0 saturated carbocycles. The van der Waals surface area contributed by atoms with Crippen molar-refractivity contribution in [1.29, 1.82) is 0 Å². The van der Waals surface area contributed by atoms with Crippen molar-refractivity contribution in [3.05, 3.63) is 0 Å². The Hall–Kier alpha value is -1.87. The normalized spacial score (nSPS) is 12.9. The van der Waals surface area contributed by atoms with Crippen LogP contribution in [0.1, 0.15) is 205 Å². The molecule has 0 bridgehead atoms. The fourth-order valence-corrected chi connectivity index (χ4v) is 5.76. The van der Waals surface area contributed by atoms with Crippen LogP contribution in [0.5, 0.6) is 0 Å². The zero-order valence-electron chi connectivity index (χ0n) is 35.5. The number of unbranched alkanes of at least 4 members (excludes halogenated alkanes) is 12. The molecule has 0 aliphatic heterocycles. The first-order valence-electron chi connectivity index (χ1n) is 20.4. The van der Waals surface area contributed by atoms with Crippen LogP contribution in [0.2, 0.25) is 0 Å². The molecule has 0 spiro atoms. The van der Waals surface area contributed by atoms with Crippen LogP contribution < -0.4 is 16.0 Å². The van der Waals surface area contributed by atoms with E-state index in [0.717, 1.165) is 19.3 Å². The van der Waals surface area contributed by atoms with Gasteiger partial charge in [0, 0.05) is 43.7 Å². The van der Waals surface area contributed by atoms with Crippen molar-refractivity contribution in [3.8, 4) is 0 Å². The summed E-state index contributed by atoms with van der Waals surface area (Å²) in [4.78, 5) is 37.3. The van der Waals surface area contributed by atoms with Gasteiger partial charge in [-0.15, -0.1) is 0 Å². The average Bonchev–Trinajstić information content (AvgIpc) is 2.96. The highest BCUT2D eigenvalue weighted by Crippen LogP contribution is 2.21. The maximum atomic E-state index is 12.8. The van der Waals surface area contributed by atoms with Gasteiger partial charge in [-0.1, -0.05) is 84.0 Å². The Morgan fingerprint density at radius 1 is 0.490 bits per heavy atom. The maximum absolute atomic E-state index is 12.8. The van der Waals surface area contributed by atoms with Crippen molar-refractivity contribution >= 4 is 17.9 Å². The number of hydrogen-bond donors (Lipinski definition) is 3. The molecule has 0 atom stereocenters. The van der Waals surface area contributed by atoms with E-state index in [2.05, 4.69) is 22.9 Å². The average molecular weight is 726 g/mol. The molecule has 9 heteroatoms. The lowest BCUT2D eigenvalue weighted by atomic mass is 9.98. The van der Waals surface area contributed by atoms with Gasteiger partial charge in [-0.25, -0.2) is 4.79 Å². The summed E-state index contributed by atoms with van der Waals surface area (Å²) in [6.07, 6.45) is 20.0. The Balaban J connectivity index is 4.12. The summed E-state index contributed by atoms with van der Waals surface area (Å²) < 4.78 is 17.7. The Morgan fingerprint density at radius 3 is 1.39 bits per heavy atom. The molecule has 3 amide bonds. The molecule has 3 N–H and O–H groups in total. The lowest BCUT2D eigenvalue weighted by Crippen LogP contribution is -2.47. The summed E-state index contributed by atoms with van der Waals surface area (Å²) in [5.74, 6) is 0.111. The lowest BCUT2D eigenvalue weighted by Gasteiger charge is -2.32. The highest BCUT2D eigenvalue weighted by molar-refractivity contribution is 5.76. The standard InChI is InChI=1S/C42H83N3O6/c1-13-14-15-16-17-18-19-20-21-22-23-24-25-26-35(46)43-32-29-42(11,12)50-33-30-39(5,6)44-36(47)27-28-41(9,10)49-34-31-40(7,8)45-37(48)51-38(2,3)4/h13-34H2,1-12H3,(H,43,46)(H,44,47)(H,45,48). The fraction of sp³-hybridized carbons (Fsp3) is 0.929. The summed E-state index contributed by atoms with van der Waals surface area (Å²) >= 11 is 0. The largest absolute Gasteiger partial charge is 0.444 e. The molecule has 0 radical (unpaired) electrons. The highest BCUT2D eigenvalue weighted by Gasteiger charge is 2.28. The first-order valence-corrected chi connectivity index (χ1v) is 20.4. The number of carbonyl (C=O) groups is 3. The van der Waals surface area contributed by atoms with Crippen LogP contribution in [-0.2, 0) is 23.8 Å². The number of carbonyl (C=O) groups excluding carboxylic acids is 3. The number of hydrogen-bond acceptors (Lipinski definition) is 6. The van der Waals surface area contributed by atoms with Gasteiger partial charge in [0.15, 0.2) is 0 Å². The molecule has 0 unspecified atom stereocenters. The third-order valence-corrected chi connectivity index (χ3v) is 9.27. The molecule has 9 nitrogen and oxygen atoms in total. The van der Waals surface area contributed by atoms with Crippen LogP contribution in [0.15, 0.2) is 0 Å². The second-order valence-electron chi connectivity index (χ2n) is 18.3. The Morgan fingerprint density at radius 2 is 0.922 bits per heavy atom. The first kappa shape index (κ1) is 49.1. The minimum Gasteiger partial charge on any atom is -0.444 e. The molecular weight excluding hydrogens is 642 g/mol. The molecule has 0 aromatic carbocycles. The van der Waals surface area contributed by atoms with E-state index >= 15 is 0 Å². The Labute approximate surface area is 314 Å². The minimum absolute atomic E-state index is 0.0194. The fourth-order valence-electron chi connectivity index (χ4n) is 5.76. The van der Waals surface area contributed by atoms with E-state index in [0.29, 0.717) is 51.9 Å². The van der Waals surface area contributed by atoms with Crippen LogP contribution >= 0.6 is 0 Å². The third kappa shape index (κ3) is 31.4. The second-order valence-corrected chi connectivity index (χ2v) is 18.3. The molecule has 0 fully saturated rings. The van der Waals surface area contributed by atoms with Gasteiger partial charge < -0.3 is 30.2 Å². The van der Waals surface area contributed by atoms with Crippen molar-refractivity contribution in [1.82, 2.24) is 16.0 Å². The third-order valence-electron chi connectivity index (χ3n) is 9.27. The molecule has 0 aliphatic rings. The van der Waals surface area contributed by atoms with E-state index < -0.39 is 28.4 Å². The van der Waals surface area contributed by atoms with E-state index in [4.69, 9.17) is 14.2 Å². The van der Waals surface area contributed by atoms with Crippen molar-refractivity contribution < 1.29 is 28.6 Å². The summed E-state index contributed by atoms with van der Waals surface area (Å²) in [6, 6.07) is 0. The van der Waals surface area contributed by atoms with E-state index in [1.807, 2.05) is 76.2 Å². The zero-order chi connectivity index (χ0) is 39.0. The van der Waals surface area contributed by atoms with Gasteiger partial charge in [-0.05, 0) is 108 Å². The topological polar surface area (TPSA) is 115 Å². The van der Waals surface area contributed by atoms with E-state index in [-0.39, 0.29) is 17.4 Å². The van der Waals surface area contributed by atoms with E-state index in [1.54, 1.807) is 0 Å². The van der Waals surface area contributed by atoms with Gasteiger partial charge in [0.05, 0.1) is 11.2 Å². The summed E-state index contributed by atoms with van der Waals surface area (Å²) in [6.45, 7) is 25.3. The quantitative estimate of drug-likeness (QED) is 0.0635. The molecule has 302 valence electrons. The molecule has 0 heterocycles. The molecule has 0 aromatic rings. The van der Waals surface area contributed by atoms with Crippen molar-refractivity contribution in [2.24, 2.45) is 0 Å². The Bertz CT molecular complexity index is 955. The SMILES string of the molecule is CCCCCCCCCCCCCCCC(=O)NCCC(C)(C)OCCC(C)(C)NC(=O)CCC(C)(C)OCCC(C)(C)NC(=O)OC(C)(C)C. The number of rotatable bonds is 30. The molecule has 0 aromatic heterocycles. The predicted molar refractivity (Wildman–Crippen MR) is 212 cm³/mol. The monoisotopic (exact) mass is 726 g/mol. The van der Waals surface area contributed by atoms with Crippen LogP contribution in [0.4, 0.5) is 4.79 Å². The number of alkyl carbamates (subject to hydrolysis) is 1. The van der Waals surface area contributed by atoms with Gasteiger partial charge in [-0.3, -0.25) is 9.59 Å². The molecular formula is C42H83N3O6. The number of nitrogens with one attached hydrogen (secondary N) is 3. The van der Waals surface area contributed by atoms with Crippen molar-refractivity contribution in [3.63, 3.8) is 0 Å². The first-order chi connectivity index (χ1) is 23.6. The minimum atomic E-state index is -0.553. The van der Waals surface area contributed by atoms with Gasteiger partial charge in [0.1, 0.15) is 5.60 Å². The molecule has 0 aliphatic carbocycles. The predicted octanol–water partition coefficient (Wildman–Crippen LogP) is 10.3. The van der Waals surface area contributed by atoms with Crippen molar-refractivity contribution in [2.75, 3.05) is 19.8 Å². The van der Waals surface area contributed by atoms with Gasteiger partial charge in [0.25, 0.3) is 0 Å². The second kappa shape index (κ2) is 25.2. The Kier molecular flexibility index (Phi) is 24.3. The van der Waals surface area contributed by atoms with Crippen molar-refractivity contribution in [2.45, 2.75) is 233 Å². The van der Waals surface area contributed by atoms with E-state index in [9.17, 15) is 14.4 Å². The zero-order valence-corrected chi connectivity index (χ0v) is 35.5. The van der Waals surface area contributed by atoms with Crippen LogP contribution in [-0.4, -0.2) is 65.5 Å². The van der Waals surface area contributed by atoms with Crippen LogP contribution in [0, 0.1) is 0 Å².